The Kier molecular flexibility index (Phi) is 3.96. The highest BCUT2D eigenvalue weighted by atomic mass is 16.6. The fourth-order valence-electron chi connectivity index (χ4n) is 1.33. The zero-order valence-electron chi connectivity index (χ0n) is 7.90. The van der Waals surface area contributed by atoms with Crippen molar-refractivity contribution in [2.24, 2.45) is 0 Å². The first-order chi connectivity index (χ1) is 6.24. The summed E-state index contributed by atoms with van der Waals surface area (Å²) in [6.07, 6.45) is 7.80. The molecule has 3 nitrogen and oxygen atoms in total. The lowest BCUT2D eigenvalue weighted by Gasteiger charge is -1.92. The molecule has 1 rings (SSSR count). The summed E-state index contributed by atoms with van der Waals surface area (Å²) >= 11 is 0. The topological polar surface area (TPSA) is 49.8 Å². The summed E-state index contributed by atoms with van der Waals surface area (Å²) in [6, 6.07) is 0. The monoisotopic (exact) mass is 184 g/mol. The van der Waals surface area contributed by atoms with Crippen LogP contribution in [0.4, 0.5) is 0 Å². The molecule has 0 amide bonds. The Hall–Kier alpha value is -0.830. The van der Waals surface area contributed by atoms with Gasteiger partial charge in [-0.25, -0.2) is 4.79 Å². The lowest BCUT2D eigenvalue weighted by Crippen LogP contribution is -1.93. The summed E-state index contributed by atoms with van der Waals surface area (Å²) in [4.78, 5) is 10.2. The summed E-state index contributed by atoms with van der Waals surface area (Å²) in [5.74, 6) is -0.900. The van der Waals surface area contributed by atoms with Crippen molar-refractivity contribution < 1.29 is 14.6 Å². The van der Waals surface area contributed by atoms with Crippen LogP contribution in [0, 0.1) is 0 Å². The summed E-state index contributed by atoms with van der Waals surface area (Å²) in [5, 5.41) is 8.35. The molecule has 0 aromatic rings. The predicted molar refractivity (Wildman–Crippen MR) is 49.6 cm³/mol. The van der Waals surface area contributed by atoms with Gasteiger partial charge in [0.1, 0.15) is 6.10 Å². The van der Waals surface area contributed by atoms with Crippen LogP contribution in [-0.4, -0.2) is 23.3 Å². The second-order valence-electron chi connectivity index (χ2n) is 3.33. The lowest BCUT2D eigenvalue weighted by atomic mass is 10.1. The first-order valence-corrected chi connectivity index (χ1v) is 4.80. The smallest absolute Gasteiger partial charge is 0.328 e. The van der Waals surface area contributed by atoms with Crippen LogP contribution in [0.5, 0.6) is 0 Å². The normalized spacial score (nSPS) is 26.5. The van der Waals surface area contributed by atoms with E-state index in [9.17, 15) is 4.79 Å². The predicted octanol–water partition coefficient (Wildman–Crippen LogP) is 1.97. The van der Waals surface area contributed by atoms with E-state index in [-0.39, 0.29) is 12.2 Å². The van der Waals surface area contributed by atoms with Gasteiger partial charge in [-0.15, -0.1) is 0 Å². The lowest BCUT2D eigenvalue weighted by molar-refractivity contribution is -0.131. The van der Waals surface area contributed by atoms with Gasteiger partial charge in [0.2, 0.25) is 0 Å². The highest BCUT2D eigenvalue weighted by molar-refractivity contribution is 5.79. The molecular formula is C10H16O3. The van der Waals surface area contributed by atoms with Crippen molar-refractivity contribution in [2.45, 2.75) is 44.8 Å². The number of hydrogen-bond acceptors (Lipinski definition) is 2. The van der Waals surface area contributed by atoms with Gasteiger partial charge in [0.15, 0.2) is 0 Å². The van der Waals surface area contributed by atoms with Gasteiger partial charge in [-0.05, 0) is 12.5 Å². The molecule has 0 aliphatic carbocycles. The van der Waals surface area contributed by atoms with Crippen LogP contribution in [0.15, 0.2) is 12.2 Å². The average molecular weight is 184 g/mol. The van der Waals surface area contributed by atoms with Crippen LogP contribution in [0.25, 0.3) is 0 Å². The Balaban J connectivity index is 2.05. The van der Waals surface area contributed by atoms with Gasteiger partial charge >= 0.3 is 5.97 Å². The molecule has 1 heterocycles. The molecule has 0 aromatic heterocycles. The Morgan fingerprint density at radius 3 is 2.92 bits per heavy atom. The first kappa shape index (κ1) is 10.3. The van der Waals surface area contributed by atoms with Crippen molar-refractivity contribution >= 4 is 5.97 Å². The molecule has 2 atom stereocenters. The Morgan fingerprint density at radius 1 is 1.54 bits per heavy atom. The van der Waals surface area contributed by atoms with Gasteiger partial charge in [-0.2, -0.15) is 0 Å². The molecule has 1 aliphatic rings. The molecule has 0 unspecified atom stereocenters. The molecule has 1 N–H and O–H groups in total. The molecule has 3 heteroatoms. The molecule has 0 bridgehead atoms. The van der Waals surface area contributed by atoms with Gasteiger partial charge in [-0.3, -0.25) is 0 Å². The summed E-state index contributed by atoms with van der Waals surface area (Å²) < 4.78 is 5.26. The largest absolute Gasteiger partial charge is 0.478 e. The maximum atomic E-state index is 10.2. The number of unbranched alkanes of at least 4 members (excludes halogenated alkanes) is 2. The molecule has 1 aliphatic heterocycles. The standard InChI is InChI=1S/C10H16O3/c1-2-3-4-5-8-9(13-8)6-7-10(11)12/h6-9H,2-5H2,1H3,(H,11,12)/b7-6+/t8-,9-/m1/s1. The van der Waals surface area contributed by atoms with E-state index in [0.717, 1.165) is 12.5 Å². The Morgan fingerprint density at radius 2 is 2.31 bits per heavy atom. The Bertz CT molecular complexity index is 198. The van der Waals surface area contributed by atoms with Gasteiger partial charge in [0.25, 0.3) is 0 Å². The Labute approximate surface area is 78.4 Å². The molecule has 74 valence electrons. The number of rotatable bonds is 6. The number of carboxylic acids is 1. The van der Waals surface area contributed by atoms with Crippen LogP contribution in [0.1, 0.15) is 32.6 Å². The zero-order chi connectivity index (χ0) is 9.68. The second kappa shape index (κ2) is 5.02. The average Bonchev–Trinajstić information content (AvgIpc) is 2.81. The van der Waals surface area contributed by atoms with E-state index in [2.05, 4.69) is 6.92 Å². The number of hydrogen-bond donors (Lipinski definition) is 1. The minimum Gasteiger partial charge on any atom is -0.478 e. The molecular weight excluding hydrogens is 168 g/mol. The van der Waals surface area contributed by atoms with Crippen molar-refractivity contribution in [1.29, 1.82) is 0 Å². The van der Waals surface area contributed by atoms with Crippen molar-refractivity contribution in [3.8, 4) is 0 Å². The van der Waals surface area contributed by atoms with Crippen molar-refractivity contribution in [3.63, 3.8) is 0 Å². The first-order valence-electron chi connectivity index (χ1n) is 4.80. The molecule has 0 saturated carbocycles. The molecule has 0 radical (unpaired) electrons. The molecule has 1 fully saturated rings. The van der Waals surface area contributed by atoms with Crippen molar-refractivity contribution in [2.75, 3.05) is 0 Å². The third-order valence-electron chi connectivity index (χ3n) is 2.14. The highest BCUT2D eigenvalue weighted by Crippen LogP contribution is 2.28. The molecule has 0 aromatic carbocycles. The quantitative estimate of drug-likeness (QED) is 0.390. The van der Waals surface area contributed by atoms with Crippen LogP contribution in [-0.2, 0) is 9.53 Å². The number of epoxide rings is 1. The van der Waals surface area contributed by atoms with E-state index in [1.165, 1.54) is 19.3 Å². The number of ether oxygens (including phenoxy) is 1. The van der Waals surface area contributed by atoms with Crippen molar-refractivity contribution in [1.82, 2.24) is 0 Å². The maximum Gasteiger partial charge on any atom is 0.328 e. The third kappa shape index (κ3) is 4.08. The minimum atomic E-state index is -0.900. The van der Waals surface area contributed by atoms with Gasteiger partial charge in [0.05, 0.1) is 6.10 Å². The second-order valence-corrected chi connectivity index (χ2v) is 3.33. The van der Waals surface area contributed by atoms with Crippen LogP contribution >= 0.6 is 0 Å². The minimum absolute atomic E-state index is 0.0629. The van der Waals surface area contributed by atoms with E-state index in [4.69, 9.17) is 9.84 Å². The third-order valence-corrected chi connectivity index (χ3v) is 2.14. The van der Waals surface area contributed by atoms with E-state index < -0.39 is 5.97 Å². The van der Waals surface area contributed by atoms with Crippen LogP contribution in [0.2, 0.25) is 0 Å². The van der Waals surface area contributed by atoms with Crippen LogP contribution in [0.3, 0.4) is 0 Å². The van der Waals surface area contributed by atoms with Gasteiger partial charge in [-0.1, -0.05) is 26.2 Å². The highest BCUT2D eigenvalue weighted by Gasteiger charge is 2.35. The van der Waals surface area contributed by atoms with E-state index >= 15 is 0 Å². The summed E-state index contributed by atoms with van der Waals surface area (Å²) in [7, 11) is 0. The zero-order valence-corrected chi connectivity index (χ0v) is 7.90. The van der Waals surface area contributed by atoms with E-state index in [1.54, 1.807) is 6.08 Å². The summed E-state index contributed by atoms with van der Waals surface area (Å²) in [6.45, 7) is 2.16. The fraction of sp³-hybridized carbons (Fsp3) is 0.700. The van der Waals surface area contributed by atoms with Crippen LogP contribution < -0.4 is 0 Å². The summed E-state index contributed by atoms with van der Waals surface area (Å²) in [5.41, 5.74) is 0. The number of carbonyl (C=O) groups is 1. The van der Waals surface area contributed by atoms with Crippen molar-refractivity contribution in [3.05, 3.63) is 12.2 Å². The van der Waals surface area contributed by atoms with E-state index in [0.29, 0.717) is 0 Å². The maximum absolute atomic E-state index is 10.2. The number of aliphatic carboxylic acids is 1. The van der Waals surface area contributed by atoms with E-state index in [1.807, 2.05) is 0 Å². The molecule has 1 saturated heterocycles. The number of carboxylic acid groups (broad SMARTS) is 1. The molecule has 0 spiro atoms. The SMILES string of the molecule is CCCCC[C@H]1O[C@@H]1/C=C/C(=O)O. The molecule has 13 heavy (non-hydrogen) atoms. The van der Waals surface area contributed by atoms with Gasteiger partial charge < -0.3 is 9.84 Å². The fourth-order valence-corrected chi connectivity index (χ4v) is 1.33. The van der Waals surface area contributed by atoms with Gasteiger partial charge in [0, 0.05) is 6.08 Å².